The Kier molecular flexibility index (Phi) is 5.00. The molecule has 1 heterocycles. The van der Waals surface area contributed by atoms with Crippen molar-refractivity contribution in [3.8, 4) is 0 Å². The molecule has 0 aliphatic rings. The number of aromatic nitrogens is 3. The summed E-state index contributed by atoms with van der Waals surface area (Å²) in [6, 6.07) is 3.63. The standard InChI is InChI=1S/C14H20N4O4S/c1-5-11-8-10(4)13-12(9-11)15-16-18(14(13)19)22-23(20,21)17(6-2)7-3/h8-9H,5-7H2,1-4H3. The van der Waals surface area contributed by atoms with Crippen molar-refractivity contribution in [1.82, 2.24) is 19.5 Å². The molecule has 23 heavy (non-hydrogen) atoms. The van der Waals surface area contributed by atoms with Crippen LogP contribution in [0.15, 0.2) is 16.9 Å². The van der Waals surface area contributed by atoms with E-state index in [0.717, 1.165) is 16.3 Å². The van der Waals surface area contributed by atoms with Gasteiger partial charge >= 0.3 is 15.9 Å². The Morgan fingerprint density at radius 2 is 1.87 bits per heavy atom. The molecule has 0 unspecified atom stereocenters. The van der Waals surface area contributed by atoms with Crippen LogP contribution in [-0.4, -0.2) is 41.0 Å². The van der Waals surface area contributed by atoms with Crippen LogP contribution < -0.4 is 9.84 Å². The normalized spacial score (nSPS) is 12.0. The molecule has 0 saturated heterocycles. The fraction of sp³-hybridized carbons (Fsp3) is 0.500. The smallest absolute Gasteiger partial charge is 0.263 e. The zero-order valence-corrected chi connectivity index (χ0v) is 14.4. The van der Waals surface area contributed by atoms with Gasteiger partial charge in [0.1, 0.15) is 5.52 Å². The highest BCUT2D eigenvalue weighted by atomic mass is 32.2. The molecule has 0 aliphatic heterocycles. The van der Waals surface area contributed by atoms with Crippen molar-refractivity contribution < 1.29 is 12.7 Å². The van der Waals surface area contributed by atoms with Crippen LogP contribution in [0.3, 0.4) is 0 Å². The van der Waals surface area contributed by atoms with E-state index in [2.05, 4.69) is 10.3 Å². The lowest BCUT2D eigenvalue weighted by molar-refractivity contribution is 0.193. The molecule has 0 saturated carbocycles. The zero-order chi connectivity index (χ0) is 17.2. The summed E-state index contributed by atoms with van der Waals surface area (Å²) in [5, 5.41) is 7.79. The van der Waals surface area contributed by atoms with Gasteiger partial charge in [0.25, 0.3) is 0 Å². The fourth-order valence-electron chi connectivity index (χ4n) is 2.35. The van der Waals surface area contributed by atoms with Crippen LogP contribution in [0.5, 0.6) is 0 Å². The Labute approximate surface area is 134 Å². The molecule has 0 atom stereocenters. The monoisotopic (exact) mass is 340 g/mol. The number of rotatable bonds is 6. The molecule has 1 aromatic carbocycles. The molecular formula is C14H20N4O4S. The Morgan fingerprint density at radius 1 is 1.22 bits per heavy atom. The Bertz CT molecular complexity index is 872. The van der Waals surface area contributed by atoms with E-state index in [-0.39, 0.29) is 13.1 Å². The highest BCUT2D eigenvalue weighted by Crippen LogP contribution is 2.15. The third kappa shape index (κ3) is 3.35. The van der Waals surface area contributed by atoms with Gasteiger partial charge in [-0.25, -0.2) is 0 Å². The average molecular weight is 340 g/mol. The van der Waals surface area contributed by atoms with Crippen molar-refractivity contribution in [2.75, 3.05) is 13.1 Å². The summed E-state index contributed by atoms with van der Waals surface area (Å²) in [5.74, 6) is 0. The van der Waals surface area contributed by atoms with Crippen LogP contribution in [0.2, 0.25) is 0 Å². The lowest BCUT2D eigenvalue weighted by Gasteiger charge is -2.17. The summed E-state index contributed by atoms with van der Waals surface area (Å²) in [6.45, 7) is 7.58. The molecule has 0 spiro atoms. The third-order valence-electron chi connectivity index (χ3n) is 3.59. The minimum absolute atomic E-state index is 0.230. The summed E-state index contributed by atoms with van der Waals surface area (Å²) in [7, 11) is -4.10. The van der Waals surface area contributed by atoms with E-state index in [0.29, 0.717) is 21.3 Å². The second-order valence-electron chi connectivity index (χ2n) is 5.04. The van der Waals surface area contributed by atoms with Crippen molar-refractivity contribution in [3.63, 3.8) is 0 Å². The number of aryl methyl sites for hydroxylation is 2. The quantitative estimate of drug-likeness (QED) is 0.767. The largest absolute Gasteiger partial charge is 0.404 e. The predicted molar refractivity (Wildman–Crippen MR) is 86.3 cm³/mol. The number of hydrogen-bond acceptors (Lipinski definition) is 6. The lowest BCUT2D eigenvalue weighted by Crippen LogP contribution is -2.42. The maximum atomic E-state index is 12.5. The first-order chi connectivity index (χ1) is 10.8. The Hall–Kier alpha value is -2.00. The first-order valence-electron chi connectivity index (χ1n) is 7.43. The van der Waals surface area contributed by atoms with Crippen LogP contribution in [0.4, 0.5) is 0 Å². The maximum absolute atomic E-state index is 12.5. The maximum Gasteiger partial charge on any atom is 0.404 e. The van der Waals surface area contributed by atoms with E-state index >= 15 is 0 Å². The second-order valence-corrected chi connectivity index (χ2v) is 6.57. The highest BCUT2D eigenvalue weighted by molar-refractivity contribution is 7.84. The van der Waals surface area contributed by atoms with Crippen molar-refractivity contribution in [1.29, 1.82) is 0 Å². The third-order valence-corrected chi connectivity index (χ3v) is 5.07. The molecule has 2 aromatic rings. The van der Waals surface area contributed by atoms with Crippen LogP contribution in [-0.2, 0) is 16.7 Å². The van der Waals surface area contributed by atoms with Gasteiger partial charge in [-0.1, -0.05) is 26.8 Å². The van der Waals surface area contributed by atoms with E-state index in [4.69, 9.17) is 4.28 Å². The first kappa shape index (κ1) is 17.4. The molecule has 9 heteroatoms. The topological polar surface area (TPSA) is 94.4 Å². The molecular weight excluding hydrogens is 320 g/mol. The van der Waals surface area contributed by atoms with Crippen molar-refractivity contribution in [2.24, 2.45) is 0 Å². The van der Waals surface area contributed by atoms with Crippen LogP contribution in [0.25, 0.3) is 10.9 Å². The predicted octanol–water partition coefficient (Wildman–Crippen LogP) is 0.678. The van der Waals surface area contributed by atoms with Gasteiger partial charge in [0.2, 0.25) is 0 Å². The van der Waals surface area contributed by atoms with E-state index < -0.39 is 15.9 Å². The first-order valence-corrected chi connectivity index (χ1v) is 8.79. The van der Waals surface area contributed by atoms with Crippen LogP contribution in [0.1, 0.15) is 31.9 Å². The van der Waals surface area contributed by atoms with Gasteiger partial charge in [-0.3, -0.25) is 9.08 Å². The van der Waals surface area contributed by atoms with Crippen LogP contribution >= 0.6 is 0 Å². The van der Waals surface area contributed by atoms with E-state index in [1.165, 1.54) is 0 Å². The van der Waals surface area contributed by atoms with Gasteiger partial charge < -0.3 is 0 Å². The average Bonchev–Trinajstić information content (AvgIpc) is 2.50. The number of benzene rings is 1. The Morgan fingerprint density at radius 3 is 2.43 bits per heavy atom. The van der Waals surface area contributed by atoms with Crippen molar-refractivity contribution in [3.05, 3.63) is 33.6 Å². The van der Waals surface area contributed by atoms with E-state index in [1.54, 1.807) is 26.8 Å². The summed E-state index contributed by atoms with van der Waals surface area (Å²) < 4.78 is 30.1. The fourth-order valence-corrected chi connectivity index (χ4v) is 3.36. The minimum atomic E-state index is -4.10. The summed E-state index contributed by atoms with van der Waals surface area (Å²) in [6.07, 6.45) is 0.800. The number of hydrogen-bond donors (Lipinski definition) is 0. The molecule has 0 radical (unpaired) electrons. The molecule has 8 nitrogen and oxygen atoms in total. The zero-order valence-electron chi connectivity index (χ0n) is 13.6. The van der Waals surface area contributed by atoms with Crippen LogP contribution in [0, 0.1) is 6.92 Å². The minimum Gasteiger partial charge on any atom is -0.263 e. The lowest BCUT2D eigenvalue weighted by atomic mass is 10.1. The summed E-state index contributed by atoms with van der Waals surface area (Å²) in [5.41, 5.74) is 1.51. The number of nitrogens with zero attached hydrogens (tertiary/aromatic N) is 4. The molecule has 0 amide bonds. The van der Waals surface area contributed by atoms with Crippen molar-refractivity contribution in [2.45, 2.75) is 34.1 Å². The van der Waals surface area contributed by atoms with Gasteiger partial charge in [-0.05, 0) is 40.6 Å². The second kappa shape index (κ2) is 6.63. The molecule has 0 bridgehead atoms. The van der Waals surface area contributed by atoms with Gasteiger partial charge in [0.05, 0.1) is 5.39 Å². The highest BCUT2D eigenvalue weighted by Gasteiger charge is 2.23. The molecule has 0 fully saturated rings. The molecule has 0 aliphatic carbocycles. The van der Waals surface area contributed by atoms with Gasteiger partial charge in [0.15, 0.2) is 0 Å². The molecule has 1 aromatic heterocycles. The molecule has 2 rings (SSSR count). The Balaban J connectivity index is 2.54. The number of fused-ring (bicyclic) bond motifs is 1. The SMILES string of the molecule is CCc1cc(C)c2c(=O)n(OS(=O)(=O)N(CC)CC)nnc2c1. The van der Waals surface area contributed by atoms with E-state index in [9.17, 15) is 13.2 Å². The molecule has 126 valence electrons. The molecule has 0 N–H and O–H groups in total. The summed E-state index contributed by atoms with van der Waals surface area (Å²) >= 11 is 0. The van der Waals surface area contributed by atoms with E-state index in [1.807, 2.05) is 13.0 Å². The van der Waals surface area contributed by atoms with Gasteiger partial charge in [0, 0.05) is 13.1 Å². The van der Waals surface area contributed by atoms with Crippen molar-refractivity contribution >= 4 is 21.2 Å². The van der Waals surface area contributed by atoms with Gasteiger partial charge in [-0.2, -0.15) is 12.7 Å². The summed E-state index contributed by atoms with van der Waals surface area (Å²) in [4.78, 5) is 12.9. The van der Waals surface area contributed by atoms with Gasteiger partial charge in [-0.15, -0.1) is 5.10 Å².